The summed E-state index contributed by atoms with van der Waals surface area (Å²) in [7, 11) is 1.69. The first-order valence-corrected chi connectivity index (χ1v) is 12.0. The fourth-order valence-electron chi connectivity index (χ4n) is 7.67. The summed E-state index contributed by atoms with van der Waals surface area (Å²) in [6, 6.07) is 8.20. The minimum Gasteiger partial charge on any atom is -0.497 e. The van der Waals surface area contributed by atoms with Crippen LogP contribution < -0.4 is 9.64 Å². The molecule has 1 aromatic carbocycles. The molecule has 2 unspecified atom stereocenters. The molecule has 8 heteroatoms. The summed E-state index contributed by atoms with van der Waals surface area (Å²) < 4.78 is 5.27. The zero-order valence-electron chi connectivity index (χ0n) is 18.8. The average Bonchev–Trinajstić information content (AvgIpc) is 3.34. The lowest BCUT2D eigenvalue weighted by molar-refractivity contribution is -0.147. The lowest BCUT2D eigenvalue weighted by Gasteiger charge is -2.61. The Kier molecular flexibility index (Phi) is 4.66. The van der Waals surface area contributed by atoms with E-state index >= 15 is 0 Å². The van der Waals surface area contributed by atoms with Gasteiger partial charge in [-0.3, -0.25) is 4.79 Å². The Balaban J connectivity index is 1.12. The molecule has 0 spiro atoms. The topological polar surface area (TPSA) is 76.4 Å². The molecule has 0 radical (unpaired) electrons. The molecule has 1 saturated heterocycles. The third-order valence-electron chi connectivity index (χ3n) is 8.52. The second kappa shape index (κ2) is 7.46. The van der Waals surface area contributed by atoms with Crippen LogP contribution in [0.15, 0.2) is 30.6 Å². The van der Waals surface area contributed by atoms with Crippen molar-refractivity contribution in [3.8, 4) is 5.75 Å². The Morgan fingerprint density at radius 3 is 2.41 bits per heavy atom. The second-order valence-corrected chi connectivity index (χ2v) is 10.7. The lowest BCUT2D eigenvalue weighted by Crippen LogP contribution is -2.58. The monoisotopic (exact) mass is 436 g/mol. The number of aromatic nitrogens is 4. The van der Waals surface area contributed by atoms with Gasteiger partial charge in [-0.2, -0.15) is 4.80 Å². The number of piperazine rings is 1. The van der Waals surface area contributed by atoms with E-state index in [9.17, 15) is 4.79 Å². The van der Waals surface area contributed by atoms with E-state index in [0.717, 1.165) is 51.2 Å². The lowest BCUT2D eigenvalue weighted by atomic mass is 9.46. The first-order chi connectivity index (χ1) is 15.6. The molecule has 7 rings (SSSR count). The molecular formula is C24H32N6O2. The molecule has 4 bridgehead atoms. The van der Waals surface area contributed by atoms with Crippen LogP contribution in [0.1, 0.15) is 44.9 Å². The van der Waals surface area contributed by atoms with Gasteiger partial charge < -0.3 is 14.5 Å². The molecule has 5 aliphatic rings. The SMILES string of the molecule is COc1ccc(N2CCN(C(=O)CC34CC5CC(C3)CC(n3ncnn3)(C5)C4)CC2)cc1. The summed E-state index contributed by atoms with van der Waals surface area (Å²) in [6.07, 6.45) is 9.26. The number of hydrogen-bond acceptors (Lipinski definition) is 6. The van der Waals surface area contributed by atoms with Crippen LogP contribution in [0.5, 0.6) is 5.75 Å². The number of hydrogen-bond donors (Lipinski definition) is 0. The number of ether oxygens (including phenoxy) is 1. The summed E-state index contributed by atoms with van der Waals surface area (Å²) in [4.78, 5) is 19.8. The quantitative estimate of drug-likeness (QED) is 0.717. The molecule has 170 valence electrons. The Bertz CT molecular complexity index is 953. The van der Waals surface area contributed by atoms with Crippen molar-refractivity contribution in [2.45, 2.75) is 50.5 Å². The smallest absolute Gasteiger partial charge is 0.223 e. The zero-order chi connectivity index (χ0) is 21.8. The minimum atomic E-state index is -0.0199. The van der Waals surface area contributed by atoms with Gasteiger partial charge in [-0.25, -0.2) is 0 Å². The highest BCUT2D eigenvalue weighted by atomic mass is 16.5. The van der Waals surface area contributed by atoms with Crippen molar-refractivity contribution in [1.82, 2.24) is 25.1 Å². The maximum atomic E-state index is 13.4. The summed E-state index contributed by atoms with van der Waals surface area (Å²) >= 11 is 0. The van der Waals surface area contributed by atoms with E-state index in [0.29, 0.717) is 24.2 Å². The van der Waals surface area contributed by atoms with Crippen molar-refractivity contribution in [2.24, 2.45) is 17.3 Å². The summed E-state index contributed by atoms with van der Waals surface area (Å²) in [5, 5.41) is 12.7. The molecule has 8 nitrogen and oxygen atoms in total. The van der Waals surface area contributed by atoms with E-state index in [1.807, 2.05) is 16.9 Å². The number of amides is 1. The van der Waals surface area contributed by atoms with Crippen molar-refractivity contribution in [2.75, 3.05) is 38.2 Å². The van der Waals surface area contributed by atoms with Gasteiger partial charge in [0, 0.05) is 38.3 Å². The fraction of sp³-hybridized carbons (Fsp3) is 0.667. The van der Waals surface area contributed by atoms with Gasteiger partial charge in [0.1, 0.15) is 5.75 Å². The number of rotatable bonds is 5. The average molecular weight is 437 g/mol. The van der Waals surface area contributed by atoms with Gasteiger partial charge in [0.2, 0.25) is 5.91 Å². The predicted octanol–water partition coefficient (Wildman–Crippen LogP) is 2.72. The van der Waals surface area contributed by atoms with E-state index in [1.54, 1.807) is 13.4 Å². The molecule has 1 aromatic heterocycles. The normalized spacial score (nSPS) is 33.5. The largest absolute Gasteiger partial charge is 0.497 e. The number of carbonyl (C=O) groups is 1. The standard InChI is InChI=1S/C24H32N6O2/c1-32-21-4-2-20(3-5-21)28-6-8-29(9-7-28)22(31)15-23-11-18-10-19(12-23)14-24(13-18,16-23)30-26-17-25-27-30/h2-5,17-19H,6-16H2,1H3. The summed E-state index contributed by atoms with van der Waals surface area (Å²) in [5.41, 5.74) is 1.29. The summed E-state index contributed by atoms with van der Waals surface area (Å²) in [5.74, 6) is 2.60. The fourth-order valence-corrected chi connectivity index (χ4v) is 7.67. The van der Waals surface area contributed by atoms with Crippen molar-refractivity contribution >= 4 is 11.6 Å². The minimum absolute atomic E-state index is 0.0199. The molecule has 4 aliphatic carbocycles. The van der Waals surface area contributed by atoms with Gasteiger partial charge in [-0.05, 0) is 85.3 Å². The van der Waals surface area contributed by atoms with Gasteiger partial charge in [0.05, 0.1) is 12.6 Å². The Labute approximate surface area is 188 Å². The van der Waals surface area contributed by atoms with E-state index in [-0.39, 0.29) is 11.0 Å². The molecule has 1 aliphatic heterocycles. The van der Waals surface area contributed by atoms with Gasteiger partial charge in [-0.15, -0.1) is 10.2 Å². The number of tetrazole rings is 1. The maximum absolute atomic E-state index is 13.4. The molecular weight excluding hydrogens is 404 g/mol. The van der Waals surface area contributed by atoms with Gasteiger partial charge in [0.25, 0.3) is 0 Å². The predicted molar refractivity (Wildman–Crippen MR) is 119 cm³/mol. The van der Waals surface area contributed by atoms with E-state index in [1.165, 1.54) is 24.9 Å². The molecule has 5 fully saturated rings. The number of anilines is 1. The number of methoxy groups -OCH3 is 1. The van der Waals surface area contributed by atoms with Crippen LogP contribution in [0.4, 0.5) is 5.69 Å². The zero-order valence-corrected chi connectivity index (χ0v) is 18.8. The highest BCUT2D eigenvalue weighted by molar-refractivity contribution is 5.77. The molecule has 2 aromatic rings. The van der Waals surface area contributed by atoms with Crippen molar-refractivity contribution in [3.05, 3.63) is 30.6 Å². The molecule has 32 heavy (non-hydrogen) atoms. The van der Waals surface area contributed by atoms with Crippen molar-refractivity contribution in [3.63, 3.8) is 0 Å². The summed E-state index contributed by atoms with van der Waals surface area (Å²) in [6.45, 7) is 3.35. The number of nitrogens with zero attached hydrogens (tertiary/aromatic N) is 6. The first kappa shape index (κ1) is 20.0. The molecule has 1 amide bonds. The van der Waals surface area contributed by atoms with Crippen LogP contribution in [0.2, 0.25) is 0 Å². The first-order valence-electron chi connectivity index (χ1n) is 12.0. The van der Waals surface area contributed by atoms with Crippen LogP contribution in [0.25, 0.3) is 0 Å². The third-order valence-corrected chi connectivity index (χ3v) is 8.52. The van der Waals surface area contributed by atoms with Crippen LogP contribution in [0.3, 0.4) is 0 Å². The van der Waals surface area contributed by atoms with Crippen LogP contribution >= 0.6 is 0 Å². The van der Waals surface area contributed by atoms with E-state index in [4.69, 9.17) is 4.74 Å². The maximum Gasteiger partial charge on any atom is 0.223 e. The molecule has 2 atom stereocenters. The highest BCUT2D eigenvalue weighted by Gasteiger charge is 2.60. The number of benzene rings is 1. The van der Waals surface area contributed by atoms with Crippen LogP contribution in [-0.2, 0) is 10.3 Å². The Hall–Kier alpha value is -2.64. The van der Waals surface area contributed by atoms with Gasteiger partial charge >= 0.3 is 0 Å². The van der Waals surface area contributed by atoms with Crippen LogP contribution in [0, 0.1) is 17.3 Å². The van der Waals surface area contributed by atoms with Crippen molar-refractivity contribution in [1.29, 1.82) is 0 Å². The van der Waals surface area contributed by atoms with E-state index < -0.39 is 0 Å². The van der Waals surface area contributed by atoms with Gasteiger partial charge in [-0.1, -0.05) is 0 Å². The Morgan fingerprint density at radius 1 is 1.06 bits per heavy atom. The molecule has 4 saturated carbocycles. The van der Waals surface area contributed by atoms with Crippen LogP contribution in [-0.4, -0.2) is 64.3 Å². The highest BCUT2D eigenvalue weighted by Crippen LogP contribution is 2.65. The Morgan fingerprint density at radius 2 is 1.78 bits per heavy atom. The molecule has 0 N–H and O–H groups in total. The second-order valence-electron chi connectivity index (χ2n) is 10.7. The van der Waals surface area contributed by atoms with E-state index in [2.05, 4.69) is 37.3 Å². The third kappa shape index (κ3) is 3.35. The van der Waals surface area contributed by atoms with Crippen molar-refractivity contribution < 1.29 is 9.53 Å². The van der Waals surface area contributed by atoms with Gasteiger partial charge in [0.15, 0.2) is 6.33 Å². The number of carbonyl (C=O) groups excluding carboxylic acids is 1. The molecule has 2 heterocycles.